The standard InChI is InChI=1S/C23H33N3O2/c1-17-8-6-7-9-22(17)25-12-10-24(11-13-25)15-23(27)21-14-18(2)26(20(21)4)19(3)16-28-5/h6-9,14,19H,10-13,15-16H2,1-5H3/t19-/m1/s1. The van der Waals surface area contributed by atoms with Gasteiger partial charge in [0.2, 0.25) is 0 Å². The minimum Gasteiger partial charge on any atom is -0.383 e. The topological polar surface area (TPSA) is 37.7 Å². The molecule has 1 atom stereocenters. The van der Waals surface area contributed by atoms with Gasteiger partial charge in [-0.15, -0.1) is 0 Å². The summed E-state index contributed by atoms with van der Waals surface area (Å²) >= 11 is 0. The van der Waals surface area contributed by atoms with Gasteiger partial charge >= 0.3 is 0 Å². The van der Waals surface area contributed by atoms with Gasteiger partial charge in [-0.25, -0.2) is 0 Å². The first-order chi connectivity index (χ1) is 13.4. The molecule has 3 rings (SSSR count). The van der Waals surface area contributed by atoms with E-state index in [-0.39, 0.29) is 11.8 Å². The van der Waals surface area contributed by atoms with Gasteiger partial charge in [0.1, 0.15) is 0 Å². The number of ether oxygens (including phenoxy) is 1. The zero-order valence-corrected chi connectivity index (χ0v) is 17.9. The summed E-state index contributed by atoms with van der Waals surface area (Å²) in [5.74, 6) is 0.216. The molecule has 2 heterocycles. The highest BCUT2D eigenvalue weighted by atomic mass is 16.5. The second-order valence-corrected chi connectivity index (χ2v) is 7.93. The van der Waals surface area contributed by atoms with Gasteiger partial charge in [0.05, 0.1) is 19.2 Å². The summed E-state index contributed by atoms with van der Waals surface area (Å²) in [5.41, 5.74) is 5.64. The molecule has 1 aromatic carbocycles. The van der Waals surface area contributed by atoms with Gasteiger partial charge in [-0.1, -0.05) is 18.2 Å². The van der Waals surface area contributed by atoms with Crippen LogP contribution in [0.1, 0.15) is 40.3 Å². The molecule has 152 valence electrons. The summed E-state index contributed by atoms with van der Waals surface area (Å²) in [7, 11) is 1.72. The number of hydrogen-bond donors (Lipinski definition) is 0. The number of carbonyl (C=O) groups excluding carboxylic acids is 1. The molecule has 2 aromatic rings. The average molecular weight is 384 g/mol. The lowest BCUT2D eigenvalue weighted by Gasteiger charge is -2.36. The number of piperazine rings is 1. The number of hydrogen-bond acceptors (Lipinski definition) is 4. The van der Waals surface area contributed by atoms with Crippen LogP contribution in [-0.2, 0) is 4.74 Å². The van der Waals surface area contributed by atoms with E-state index in [9.17, 15) is 4.79 Å². The molecule has 5 nitrogen and oxygen atoms in total. The number of Topliss-reactive ketones (excluding diaryl/α,β-unsaturated/α-hetero) is 1. The van der Waals surface area contributed by atoms with Crippen LogP contribution in [0, 0.1) is 20.8 Å². The fourth-order valence-corrected chi connectivity index (χ4v) is 4.41. The van der Waals surface area contributed by atoms with Crippen molar-refractivity contribution in [3.63, 3.8) is 0 Å². The zero-order chi connectivity index (χ0) is 20.3. The molecule has 0 aliphatic carbocycles. The molecule has 1 aliphatic heterocycles. The Morgan fingerprint density at radius 2 is 1.79 bits per heavy atom. The second-order valence-electron chi connectivity index (χ2n) is 7.93. The van der Waals surface area contributed by atoms with E-state index in [0.29, 0.717) is 13.2 Å². The number of methoxy groups -OCH3 is 1. The number of nitrogens with zero attached hydrogens (tertiary/aromatic N) is 3. The summed E-state index contributed by atoms with van der Waals surface area (Å²) in [6.45, 7) is 13.3. The molecule has 0 saturated carbocycles. The summed E-state index contributed by atoms with van der Waals surface area (Å²) in [5, 5.41) is 0. The van der Waals surface area contributed by atoms with E-state index in [1.54, 1.807) is 7.11 Å². The number of anilines is 1. The second kappa shape index (κ2) is 8.93. The molecular weight excluding hydrogens is 350 g/mol. The van der Waals surface area contributed by atoms with Gasteiger partial charge in [-0.05, 0) is 45.4 Å². The maximum absolute atomic E-state index is 13.0. The summed E-state index contributed by atoms with van der Waals surface area (Å²) in [6, 6.07) is 10.8. The van der Waals surface area contributed by atoms with Crippen molar-refractivity contribution in [3.05, 3.63) is 52.8 Å². The normalized spacial score (nSPS) is 16.4. The number of aromatic nitrogens is 1. The molecule has 0 spiro atoms. The van der Waals surface area contributed by atoms with E-state index in [0.717, 1.165) is 43.1 Å². The third-order valence-corrected chi connectivity index (χ3v) is 5.83. The van der Waals surface area contributed by atoms with Crippen molar-refractivity contribution in [1.29, 1.82) is 0 Å². The molecule has 1 aromatic heterocycles. The van der Waals surface area contributed by atoms with E-state index in [4.69, 9.17) is 4.74 Å². The van der Waals surface area contributed by atoms with Crippen LogP contribution in [0.2, 0.25) is 0 Å². The van der Waals surface area contributed by atoms with Crippen molar-refractivity contribution in [1.82, 2.24) is 9.47 Å². The number of rotatable bonds is 7. The Morgan fingerprint density at radius 1 is 1.11 bits per heavy atom. The van der Waals surface area contributed by atoms with Crippen LogP contribution >= 0.6 is 0 Å². The monoisotopic (exact) mass is 383 g/mol. The molecule has 1 saturated heterocycles. The highest BCUT2D eigenvalue weighted by Crippen LogP contribution is 2.23. The van der Waals surface area contributed by atoms with Crippen molar-refractivity contribution in [3.8, 4) is 0 Å². The first kappa shape index (κ1) is 20.6. The number of ketones is 1. The quantitative estimate of drug-likeness (QED) is 0.685. The Hall–Kier alpha value is -2.11. The summed E-state index contributed by atoms with van der Waals surface area (Å²) < 4.78 is 7.51. The smallest absolute Gasteiger partial charge is 0.178 e. The first-order valence-electron chi connectivity index (χ1n) is 10.2. The third kappa shape index (κ3) is 4.31. The number of aryl methyl sites for hydroxylation is 2. The predicted octanol–water partition coefficient (Wildman–Crippen LogP) is 3.63. The molecular formula is C23H33N3O2. The van der Waals surface area contributed by atoms with E-state index < -0.39 is 0 Å². The molecule has 0 amide bonds. The SMILES string of the molecule is COC[C@@H](C)n1c(C)cc(C(=O)CN2CCN(c3ccccc3C)CC2)c1C. The lowest BCUT2D eigenvalue weighted by atomic mass is 10.1. The van der Waals surface area contributed by atoms with Crippen LogP contribution in [0.4, 0.5) is 5.69 Å². The van der Waals surface area contributed by atoms with E-state index in [1.807, 2.05) is 13.0 Å². The summed E-state index contributed by atoms with van der Waals surface area (Å²) in [4.78, 5) is 17.7. The lowest BCUT2D eigenvalue weighted by Crippen LogP contribution is -2.48. The Labute approximate surface area is 168 Å². The zero-order valence-electron chi connectivity index (χ0n) is 17.9. The van der Waals surface area contributed by atoms with Crippen LogP contribution in [0.5, 0.6) is 0 Å². The Morgan fingerprint density at radius 3 is 2.43 bits per heavy atom. The molecule has 1 fully saturated rings. The van der Waals surface area contributed by atoms with Crippen LogP contribution in [-0.4, -0.2) is 61.7 Å². The van der Waals surface area contributed by atoms with Gasteiger partial charge in [-0.2, -0.15) is 0 Å². The van der Waals surface area contributed by atoms with Crippen LogP contribution < -0.4 is 4.90 Å². The van der Waals surface area contributed by atoms with Crippen LogP contribution in [0.25, 0.3) is 0 Å². The molecule has 0 bridgehead atoms. The van der Waals surface area contributed by atoms with Crippen molar-refractivity contribution >= 4 is 11.5 Å². The average Bonchev–Trinajstić information content (AvgIpc) is 2.97. The maximum atomic E-state index is 13.0. The lowest BCUT2D eigenvalue weighted by molar-refractivity contribution is 0.0925. The Bertz CT molecular complexity index is 819. The fourth-order valence-electron chi connectivity index (χ4n) is 4.41. The first-order valence-corrected chi connectivity index (χ1v) is 10.2. The van der Waals surface area contributed by atoms with Gasteiger partial charge in [0, 0.05) is 55.9 Å². The number of carbonyl (C=O) groups is 1. The highest BCUT2D eigenvalue weighted by Gasteiger charge is 2.23. The van der Waals surface area contributed by atoms with Gasteiger partial charge in [0.25, 0.3) is 0 Å². The van der Waals surface area contributed by atoms with Crippen molar-refractivity contribution in [2.45, 2.75) is 33.7 Å². The Kier molecular flexibility index (Phi) is 6.57. The summed E-state index contributed by atoms with van der Waals surface area (Å²) in [6.07, 6.45) is 0. The van der Waals surface area contributed by atoms with Gasteiger partial charge in [0.15, 0.2) is 5.78 Å². The van der Waals surface area contributed by atoms with E-state index >= 15 is 0 Å². The highest BCUT2D eigenvalue weighted by molar-refractivity contribution is 5.99. The van der Waals surface area contributed by atoms with Crippen molar-refractivity contribution < 1.29 is 9.53 Å². The van der Waals surface area contributed by atoms with Gasteiger partial charge < -0.3 is 14.2 Å². The minimum atomic E-state index is 0.216. The Balaban J connectivity index is 1.62. The molecule has 0 N–H and O–H groups in total. The van der Waals surface area contributed by atoms with Crippen molar-refractivity contribution in [2.75, 3.05) is 51.3 Å². The molecule has 1 aliphatic rings. The number of para-hydroxylation sites is 1. The molecule has 0 radical (unpaired) electrons. The van der Waals surface area contributed by atoms with Crippen LogP contribution in [0.15, 0.2) is 30.3 Å². The maximum Gasteiger partial charge on any atom is 0.178 e. The fraction of sp³-hybridized carbons (Fsp3) is 0.522. The van der Waals surface area contributed by atoms with Crippen molar-refractivity contribution in [2.24, 2.45) is 0 Å². The molecule has 0 unspecified atom stereocenters. The third-order valence-electron chi connectivity index (χ3n) is 5.83. The number of benzene rings is 1. The van der Waals surface area contributed by atoms with Gasteiger partial charge in [-0.3, -0.25) is 9.69 Å². The van der Waals surface area contributed by atoms with Crippen LogP contribution in [0.3, 0.4) is 0 Å². The van der Waals surface area contributed by atoms with E-state index in [2.05, 4.69) is 59.4 Å². The molecule has 28 heavy (non-hydrogen) atoms. The minimum absolute atomic E-state index is 0.216. The van der Waals surface area contributed by atoms with E-state index in [1.165, 1.54) is 11.3 Å². The largest absolute Gasteiger partial charge is 0.383 e. The molecule has 5 heteroatoms. The predicted molar refractivity (Wildman–Crippen MR) is 115 cm³/mol.